The second kappa shape index (κ2) is 11.4. The number of aromatic nitrogens is 3. The number of halogens is 1. The molecule has 0 unspecified atom stereocenters. The summed E-state index contributed by atoms with van der Waals surface area (Å²) in [7, 11) is 0. The summed E-state index contributed by atoms with van der Waals surface area (Å²) < 4.78 is 8.26. The normalized spacial score (nSPS) is 14.4. The van der Waals surface area contributed by atoms with Crippen LogP contribution in [0.15, 0.2) is 59.4 Å². The largest absolute Gasteiger partial charge is 0.492 e. The molecule has 0 amide bonds. The maximum atomic E-state index is 12.9. The lowest BCUT2D eigenvalue weighted by Crippen LogP contribution is -2.47. The zero-order chi connectivity index (χ0) is 23.9. The second-order valence-corrected chi connectivity index (χ2v) is 8.67. The molecule has 0 bridgehead atoms. The zero-order valence-corrected chi connectivity index (χ0v) is 20.2. The van der Waals surface area contributed by atoms with Crippen LogP contribution in [0.3, 0.4) is 0 Å². The maximum Gasteiger partial charge on any atom is 0.353 e. The van der Waals surface area contributed by atoms with Crippen molar-refractivity contribution >= 4 is 23.2 Å². The van der Waals surface area contributed by atoms with Gasteiger partial charge in [0.05, 0.1) is 6.54 Å². The first-order valence-electron chi connectivity index (χ1n) is 11.7. The molecule has 8 nitrogen and oxygen atoms in total. The third kappa shape index (κ3) is 5.87. The first-order valence-corrected chi connectivity index (χ1v) is 12.1. The Labute approximate surface area is 204 Å². The number of anilines is 1. The molecule has 1 aliphatic rings. The molecular formula is C25H30ClN5O3. The summed E-state index contributed by atoms with van der Waals surface area (Å²) in [6.45, 7) is 6.61. The molecule has 1 aromatic heterocycles. The van der Waals surface area contributed by atoms with Crippen LogP contribution in [0.2, 0.25) is 5.02 Å². The van der Waals surface area contributed by atoms with Crippen molar-refractivity contribution in [3.63, 3.8) is 0 Å². The highest BCUT2D eigenvalue weighted by atomic mass is 35.5. The SMILES string of the molecule is CCc1nn(C(=O)CCN2CCN(c3cccc(Cl)c3)CC2)c(=O)n1CCOc1ccccc1. The molecule has 9 heteroatoms. The number of carbonyl (C=O) groups excluding carboxylic acids is 1. The van der Waals surface area contributed by atoms with Crippen molar-refractivity contribution in [1.82, 2.24) is 19.2 Å². The molecule has 180 valence electrons. The fourth-order valence-corrected chi connectivity index (χ4v) is 4.30. The summed E-state index contributed by atoms with van der Waals surface area (Å²) in [4.78, 5) is 30.2. The van der Waals surface area contributed by atoms with E-state index < -0.39 is 5.69 Å². The van der Waals surface area contributed by atoms with Gasteiger partial charge in [-0.1, -0.05) is 42.8 Å². The number of ether oxygens (including phenoxy) is 1. The molecule has 1 fully saturated rings. The van der Waals surface area contributed by atoms with Crippen LogP contribution in [0.5, 0.6) is 5.75 Å². The standard InChI is InChI=1S/C25H30ClN5O3/c1-2-23-27-31(25(33)30(23)17-18-34-22-9-4-3-5-10-22)24(32)11-12-28-13-15-29(16-14-28)21-8-6-7-20(26)19-21/h3-10,19H,2,11-18H2,1H3. The lowest BCUT2D eigenvalue weighted by atomic mass is 10.2. The number of para-hydroxylation sites is 1. The summed E-state index contributed by atoms with van der Waals surface area (Å²) in [5.41, 5.74) is 0.716. The van der Waals surface area contributed by atoms with Crippen LogP contribution in [-0.4, -0.2) is 64.5 Å². The highest BCUT2D eigenvalue weighted by molar-refractivity contribution is 6.30. The Balaban J connectivity index is 1.29. The maximum absolute atomic E-state index is 12.9. The Kier molecular flexibility index (Phi) is 8.03. The van der Waals surface area contributed by atoms with E-state index in [1.165, 1.54) is 4.57 Å². The van der Waals surface area contributed by atoms with Gasteiger partial charge in [-0.2, -0.15) is 0 Å². The molecular weight excluding hydrogens is 454 g/mol. The van der Waals surface area contributed by atoms with Crippen molar-refractivity contribution in [2.45, 2.75) is 26.3 Å². The van der Waals surface area contributed by atoms with Crippen molar-refractivity contribution in [2.24, 2.45) is 0 Å². The van der Waals surface area contributed by atoms with E-state index in [0.29, 0.717) is 31.9 Å². The molecule has 0 spiro atoms. The monoisotopic (exact) mass is 483 g/mol. The Morgan fingerprint density at radius 3 is 2.50 bits per heavy atom. The summed E-state index contributed by atoms with van der Waals surface area (Å²) in [5.74, 6) is 1.05. The van der Waals surface area contributed by atoms with Gasteiger partial charge in [0.25, 0.3) is 5.91 Å². The van der Waals surface area contributed by atoms with E-state index in [4.69, 9.17) is 16.3 Å². The van der Waals surface area contributed by atoms with Gasteiger partial charge in [-0.25, -0.2) is 4.79 Å². The first kappa shape index (κ1) is 24.0. The van der Waals surface area contributed by atoms with Gasteiger partial charge in [-0.3, -0.25) is 14.3 Å². The summed E-state index contributed by atoms with van der Waals surface area (Å²) >= 11 is 6.11. The van der Waals surface area contributed by atoms with E-state index in [1.807, 2.05) is 55.5 Å². The first-order chi connectivity index (χ1) is 16.5. The van der Waals surface area contributed by atoms with Crippen molar-refractivity contribution in [1.29, 1.82) is 0 Å². The molecule has 1 saturated heterocycles. The van der Waals surface area contributed by atoms with Gasteiger partial charge >= 0.3 is 5.69 Å². The van der Waals surface area contributed by atoms with E-state index in [2.05, 4.69) is 21.0 Å². The summed E-state index contributed by atoms with van der Waals surface area (Å²) in [6.07, 6.45) is 0.810. The third-order valence-electron chi connectivity index (χ3n) is 6.01. The molecule has 4 rings (SSSR count). The minimum absolute atomic E-state index is 0.248. The molecule has 2 heterocycles. The predicted octanol–water partition coefficient (Wildman–Crippen LogP) is 3.19. The average molecular weight is 484 g/mol. The van der Waals surface area contributed by atoms with Crippen LogP contribution in [-0.2, 0) is 13.0 Å². The number of hydrogen-bond acceptors (Lipinski definition) is 6. The van der Waals surface area contributed by atoms with Crippen LogP contribution in [0.4, 0.5) is 5.69 Å². The Bertz CT molecular complexity index is 1150. The van der Waals surface area contributed by atoms with E-state index in [0.717, 1.165) is 47.3 Å². The van der Waals surface area contributed by atoms with E-state index >= 15 is 0 Å². The van der Waals surface area contributed by atoms with Crippen LogP contribution in [0.25, 0.3) is 0 Å². The highest BCUT2D eigenvalue weighted by Gasteiger charge is 2.21. The molecule has 0 radical (unpaired) electrons. The lowest BCUT2D eigenvalue weighted by molar-refractivity contribution is 0.0860. The number of carbonyl (C=O) groups is 1. The zero-order valence-electron chi connectivity index (χ0n) is 19.4. The van der Waals surface area contributed by atoms with Crippen LogP contribution in [0.1, 0.15) is 24.0 Å². The van der Waals surface area contributed by atoms with Crippen LogP contribution < -0.4 is 15.3 Å². The molecule has 3 aromatic rings. The minimum Gasteiger partial charge on any atom is -0.492 e. The van der Waals surface area contributed by atoms with Crippen LogP contribution in [0, 0.1) is 0 Å². The van der Waals surface area contributed by atoms with Gasteiger partial charge in [-0.15, -0.1) is 9.78 Å². The number of piperazine rings is 1. The van der Waals surface area contributed by atoms with Gasteiger partial charge in [0.2, 0.25) is 0 Å². The summed E-state index contributed by atoms with van der Waals surface area (Å²) in [6, 6.07) is 17.3. The van der Waals surface area contributed by atoms with Gasteiger partial charge in [0.1, 0.15) is 18.2 Å². The Morgan fingerprint density at radius 2 is 1.79 bits per heavy atom. The van der Waals surface area contributed by atoms with Crippen molar-refractivity contribution in [2.75, 3.05) is 44.2 Å². The third-order valence-corrected chi connectivity index (χ3v) is 6.24. The molecule has 2 aromatic carbocycles. The molecule has 0 N–H and O–H groups in total. The van der Waals surface area contributed by atoms with Crippen LogP contribution >= 0.6 is 11.6 Å². The number of aryl methyl sites for hydroxylation is 1. The van der Waals surface area contributed by atoms with Gasteiger partial charge in [-0.05, 0) is 30.3 Å². The fourth-order valence-electron chi connectivity index (χ4n) is 4.12. The van der Waals surface area contributed by atoms with Gasteiger partial charge in [0, 0.05) is 56.3 Å². The molecule has 0 atom stereocenters. The Morgan fingerprint density at radius 1 is 1.03 bits per heavy atom. The Hall–Kier alpha value is -3.10. The number of hydrogen-bond donors (Lipinski definition) is 0. The lowest BCUT2D eigenvalue weighted by Gasteiger charge is -2.36. The van der Waals surface area contributed by atoms with E-state index in [1.54, 1.807) is 0 Å². The van der Waals surface area contributed by atoms with E-state index in [-0.39, 0.29) is 12.3 Å². The molecule has 34 heavy (non-hydrogen) atoms. The fraction of sp³-hybridized carbons (Fsp3) is 0.400. The number of rotatable bonds is 9. The smallest absolute Gasteiger partial charge is 0.353 e. The topological polar surface area (TPSA) is 72.6 Å². The quantitative estimate of drug-likeness (QED) is 0.465. The summed E-state index contributed by atoms with van der Waals surface area (Å²) in [5, 5.41) is 5.03. The second-order valence-electron chi connectivity index (χ2n) is 8.23. The number of benzene rings is 2. The van der Waals surface area contributed by atoms with Crippen molar-refractivity contribution < 1.29 is 9.53 Å². The molecule has 0 aliphatic carbocycles. The number of nitrogens with zero attached hydrogens (tertiary/aromatic N) is 5. The average Bonchev–Trinajstić information content (AvgIpc) is 3.19. The van der Waals surface area contributed by atoms with Gasteiger partial charge < -0.3 is 9.64 Å². The van der Waals surface area contributed by atoms with Crippen molar-refractivity contribution in [3.8, 4) is 5.75 Å². The van der Waals surface area contributed by atoms with E-state index in [9.17, 15) is 9.59 Å². The molecule has 0 saturated carbocycles. The van der Waals surface area contributed by atoms with Crippen molar-refractivity contribution in [3.05, 3.63) is 75.9 Å². The highest BCUT2D eigenvalue weighted by Crippen LogP contribution is 2.20. The molecule has 1 aliphatic heterocycles. The van der Waals surface area contributed by atoms with Gasteiger partial charge in [0.15, 0.2) is 0 Å². The minimum atomic E-state index is -0.399. The predicted molar refractivity (Wildman–Crippen MR) is 133 cm³/mol.